The Labute approximate surface area is 164 Å². The average Bonchev–Trinajstić information content (AvgIpc) is 3.11. The number of benzene rings is 1. The molecule has 1 aliphatic rings. The molecule has 3 heterocycles. The molecule has 1 aromatic carbocycles. The van der Waals surface area contributed by atoms with Crippen LogP contribution in [0.5, 0.6) is 0 Å². The second-order valence-corrected chi connectivity index (χ2v) is 7.30. The van der Waals surface area contributed by atoms with E-state index < -0.39 is 0 Å². The molecule has 0 saturated carbocycles. The lowest BCUT2D eigenvalue weighted by molar-refractivity contribution is 0.0725. The van der Waals surface area contributed by atoms with Gasteiger partial charge in [0.15, 0.2) is 5.76 Å². The fourth-order valence-electron chi connectivity index (χ4n) is 3.22. The summed E-state index contributed by atoms with van der Waals surface area (Å²) in [5, 5.41) is 4.09. The first-order valence-corrected chi connectivity index (χ1v) is 10.1. The fourth-order valence-corrected chi connectivity index (χ4v) is 3.63. The van der Waals surface area contributed by atoms with Crippen molar-refractivity contribution in [1.82, 2.24) is 20.0 Å². The van der Waals surface area contributed by atoms with E-state index in [1.54, 1.807) is 17.0 Å². The number of fused-ring (bicyclic) bond motifs is 1. The zero-order chi connectivity index (χ0) is 19.7. The second-order valence-electron chi connectivity index (χ2n) is 6.43. The molecule has 1 aliphatic heterocycles. The van der Waals surface area contributed by atoms with Gasteiger partial charge in [0.1, 0.15) is 23.0 Å². The minimum absolute atomic E-state index is 0.124. The molecule has 28 heavy (non-hydrogen) atoms. The Bertz CT molecular complexity index is 1080. The van der Waals surface area contributed by atoms with Gasteiger partial charge in [0.2, 0.25) is 0 Å². The first-order valence-electron chi connectivity index (χ1n) is 8.67. The van der Waals surface area contributed by atoms with Crippen molar-refractivity contribution in [3.63, 3.8) is 0 Å². The summed E-state index contributed by atoms with van der Waals surface area (Å²) >= 11 is 1.51. The molecular formula is C19H17FN4O3S. The molecule has 0 saturated heterocycles. The smallest absolute Gasteiger partial charge is 0.273 e. The van der Waals surface area contributed by atoms with Gasteiger partial charge < -0.3 is 14.4 Å². The van der Waals surface area contributed by atoms with Crippen LogP contribution in [0.2, 0.25) is 0 Å². The SMILES string of the molecule is CSCc1nc(C(=O)N2CCc3c(noc3-c3ccc(F)cc3)C2)cc(=O)[nH]1. The summed E-state index contributed by atoms with van der Waals surface area (Å²) < 4.78 is 18.6. The highest BCUT2D eigenvalue weighted by Crippen LogP contribution is 2.30. The van der Waals surface area contributed by atoms with Crippen LogP contribution in [0.3, 0.4) is 0 Å². The molecule has 7 nitrogen and oxygen atoms in total. The predicted molar refractivity (Wildman–Crippen MR) is 102 cm³/mol. The number of hydrogen-bond acceptors (Lipinski definition) is 6. The number of rotatable bonds is 4. The van der Waals surface area contributed by atoms with Crippen molar-refractivity contribution in [1.29, 1.82) is 0 Å². The Kier molecular flexibility index (Phi) is 4.99. The number of halogens is 1. The van der Waals surface area contributed by atoms with Gasteiger partial charge in [-0.1, -0.05) is 5.16 Å². The highest BCUT2D eigenvalue weighted by molar-refractivity contribution is 7.97. The normalized spacial score (nSPS) is 13.4. The summed E-state index contributed by atoms with van der Waals surface area (Å²) in [6.07, 6.45) is 2.45. The van der Waals surface area contributed by atoms with Gasteiger partial charge in [-0.05, 0) is 36.9 Å². The number of H-pyrrole nitrogens is 1. The Hall–Kier alpha value is -2.94. The van der Waals surface area contributed by atoms with E-state index in [1.807, 2.05) is 6.26 Å². The van der Waals surface area contributed by atoms with E-state index in [9.17, 15) is 14.0 Å². The molecule has 0 spiro atoms. The standard InChI is InChI=1S/C19H17FN4O3S/c1-28-10-16-21-14(8-17(25)22-16)19(26)24-7-6-13-15(9-24)23-27-18(13)11-2-4-12(20)5-3-11/h2-5,8H,6-7,9-10H2,1H3,(H,21,22,25). The van der Waals surface area contributed by atoms with Crippen LogP contribution in [-0.2, 0) is 18.7 Å². The predicted octanol–water partition coefficient (Wildman–Crippen LogP) is 2.63. The molecule has 0 aliphatic carbocycles. The van der Waals surface area contributed by atoms with Gasteiger partial charge in [-0.15, -0.1) is 0 Å². The van der Waals surface area contributed by atoms with E-state index in [4.69, 9.17) is 4.52 Å². The van der Waals surface area contributed by atoms with E-state index in [-0.39, 0.29) is 29.5 Å². The first-order chi connectivity index (χ1) is 13.5. The van der Waals surface area contributed by atoms with Crippen molar-refractivity contribution in [2.45, 2.75) is 18.7 Å². The third-order valence-electron chi connectivity index (χ3n) is 4.53. The van der Waals surface area contributed by atoms with Gasteiger partial charge in [-0.3, -0.25) is 9.59 Å². The first kappa shape index (κ1) is 18.4. The van der Waals surface area contributed by atoms with Crippen molar-refractivity contribution in [3.8, 4) is 11.3 Å². The number of carbonyl (C=O) groups excluding carboxylic acids is 1. The van der Waals surface area contributed by atoms with Crippen LogP contribution < -0.4 is 5.56 Å². The van der Waals surface area contributed by atoms with Crippen LogP contribution in [-0.4, -0.2) is 38.7 Å². The lowest BCUT2D eigenvalue weighted by Gasteiger charge is -2.25. The third kappa shape index (κ3) is 3.57. The van der Waals surface area contributed by atoms with E-state index in [0.717, 1.165) is 11.1 Å². The fraction of sp³-hybridized carbons (Fsp3) is 0.263. The quantitative estimate of drug-likeness (QED) is 0.724. The molecular weight excluding hydrogens is 383 g/mol. The number of nitrogens with one attached hydrogen (secondary N) is 1. The number of hydrogen-bond donors (Lipinski definition) is 1. The number of amides is 1. The van der Waals surface area contributed by atoms with Crippen molar-refractivity contribution >= 4 is 17.7 Å². The van der Waals surface area contributed by atoms with E-state index >= 15 is 0 Å². The Balaban J connectivity index is 1.57. The van der Waals surface area contributed by atoms with Crippen LogP contribution in [0.25, 0.3) is 11.3 Å². The molecule has 0 radical (unpaired) electrons. The zero-order valence-electron chi connectivity index (χ0n) is 15.1. The van der Waals surface area contributed by atoms with Gasteiger partial charge >= 0.3 is 0 Å². The maximum Gasteiger partial charge on any atom is 0.273 e. The number of carbonyl (C=O) groups is 1. The van der Waals surface area contributed by atoms with Crippen LogP contribution in [0.4, 0.5) is 4.39 Å². The van der Waals surface area contributed by atoms with Crippen molar-refractivity contribution in [2.75, 3.05) is 12.8 Å². The highest BCUT2D eigenvalue weighted by atomic mass is 32.2. The third-order valence-corrected chi connectivity index (χ3v) is 5.09. The summed E-state index contributed by atoms with van der Waals surface area (Å²) in [7, 11) is 0. The van der Waals surface area contributed by atoms with Gasteiger partial charge in [-0.25, -0.2) is 9.37 Å². The molecule has 9 heteroatoms. The van der Waals surface area contributed by atoms with Crippen molar-refractivity contribution < 1.29 is 13.7 Å². The highest BCUT2D eigenvalue weighted by Gasteiger charge is 2.28. The number of aromatic amines is 1. The maximum absolute atomic E-state index is 13.2. The lowest BCUT2D eigenvalue weighted by atomic mass is 10.0. The minimum atomic E-state index is -0.347. The summed E-state index contributed by atoms with van der Waals surface area (Å²) in [6.45, 7) is 0.721. The molecule has 0 bridgehead atoms. The summed E-state index contributed by atoms with van der Waals surface area (Å²) in [5.74, 6) is 0.954. The monoisotopic (exact) mass is 400 g/mol. The van der Waals surface area contributed by atoms with Crippen molar-refractivity contribution in [2.24, 2.45) is 0 Å². The summed E-state index contributed by atoms with van der Waals surface area (Å²) in [6, 6.07) is 7.23. The van der Waals surface area contributed by atoms with Gasteiger partial charge in [0.25, 0.3) is 11.5 Å². The van der Waals surface area contributed by atoms with E-state index in [0.29, 0.717) is 36.0 Å². The van der Waals surface area contributed by atoms with Crippen LogP contribution in [0, 0.1) is 5.82 Å². The van der Waals surface area contributed by atoms with Crippen molar-refractivity contribution in [3.05, 3.63) is 69.3 Å². The number of thioether (sulfide) groups is 1. The summed E-state index contributed by atoms with van der Waals surface area (Å²) in [4.78, 5) is 33.2. The molecule has 144 valence electrons. The van der Waals surface area contributed by atoms with E-state index in [2.05, 4.69) is 15.1 Å². The van der Waals surface area contributed by atoms with E-state index in [1.165, 1.54) is 30.0 Å². The molecule has 0 fully saturated rings. The molecule has 1 N–H and O–H groups in total. The van der Waals surface area contributed by atoms with Crippen LogP contribution in [0.1, 0.15) is 27.6 Å². The van der Waals surface area contributed by atoms with Gasteiger partial charge in [0, 0.05) is 23.7 Å². The maximum atomic E-state index is 13.2. The Morgan fingerprint density at radius 3 is 2.89 bits per heavy atom. The number of nitrogens with zero attached hydrogens (tertiary/aromatic N) is 3. The molecule has 2 aromatic heterocycles. The van der Waals surface area contributed by atoms with Gasteiger partial charge in [0.05, 0.1) is 12.3 Å². The largest absolute Gasteiger partial charge is 0.356 e. The zero-order valence-corrected chi connectivity index (χ0v) is 15.9. The second kappa shape index (κ2) is 7.59. The van der Waals surface area contributed by atoms with Gasteiger partial charge in [-0.2, -0.15) is 11.8 Å². The Morgan fingerprint density at radius 2 is 2.14 bits per heavy atom. The molecule has 3 aromatic rings. The molecule has 1 amide bonds. The minimum Gasteiger partial charge on any atom is -0.356 e. The molecule has 0 atom stereocenters. The molecule has 0 unspecified atom stereocenters. The number of aromatic nitrogens is 3. The molecule has 4 rings (SSSR count). The average molecular weight is 400 g/mol. The topological polar surface area (TPSA) is 92.1 Å². The Morgan fingerprint density at radius 1 is 1.36 bits per heavy atom. The lowest BCUT2D eigenvalue weighted by Crippen LogP contribution is -2.37. The van der Waals surface area contributed by atoms with Crippen LogP contribution >= 0.6 is 11.8 Å². The summed E-state index contributed by atoms with van der Waals surface area (Å²) in [5.41, 5.74) is 2.09. The van der Waals surface area contributed by atoms with Crippen LogP contribution in [0.15, 0.2) is 39.6 Å².